The lowest BCUT2D eigenvalue weighted by atomic mass is 10.3. The summed E-state index contributed by atoms with van der Waals surface area (Å²) in [6.45, 7) is 8.78. The van der Waals surface area contributed by atoms with Crippen molar-refractivity contribution < 1.29 is 4.74 Å². The predicted molar refractivity (Wildman–Crippen MR) is 115 cm³/mol. The number of thioether (sulfide) groups is 2. The molecule has 3 aromatic rings. The summed E-state index contributed by atoms with van der Waals surface area (Å²) in [5.74, 6) is 3.40. The Morgan fingerprint density at radius 3 is 2.32 bits per heavy atom. The van der Waals surface area contributed by atoms with Gasteiger partial charge in [0.1, 0.15) is 11.6 Å². The number of hydrogen-bond acceptors (Lipinski definition) is 7. The van der Waals surface area contributed by atoms with Gasteiger partial charge in [-0.3, -0.25) is 4.57 Å². The first-order valence-electron chi connectivity index (χ1n) is 9.36. The zero-order valence-corrected chi connectivity index (χ0v) is 18.3. The Balaban J connectivity index is 1.86. The molecule has 0 spiro atoms. The van der Waals surface area contributed by atoms with E-state index in [2.05, 4.69) is 31.7 Å². The Bertz CT molecular complexity index is 891. The lowest BCUT2D eigenvalue weighted by molar-refractivity contribution is 0.340. The topological polar surface area (TPSA) is 65.7 Å². The van der Waals surface area contributed by atoms with Crippen LogP contribution in [0, 0.1) is 13.8 Å². The van der Waals surface area contributed by atoms with E-state index >= 15 is 0 Å². The van der Waals surface area contributed by atoms with E-state index in [-0.39, 0.29) is 0 Å². The van der Waals surface area contributed by atoms with Crippen LogP contribution in [0.2, 0.25) is 0 Å². The number of hydrogen-bond donors (Lipinski definition) is 0. The summed E-state index contributed by atoms with van der Waals surface area (Å²) < 4.78 is 7.68. The van der Waals surface area contributed by atoms with Crippen molar-refractivity contribution in [2.24, 2.45) is 0 Å². The monoisotopic (exact) mass is 415 g/mol. The summed E-state index contributed by atoms with van der Waals surface area (Å²) in [4.78, 5) is 9.03. The summed E-state index contributed by atoms with van der Waals surface area (Å²) in [5, 5.41) is 10.5. The highest BCUT2D eigenvalue weighted by molar-refractivity contribution is 7.99. The molecule has 0 fully saturated rings. The van der Waals surface area contributed by atoms with Gasteiger partial charge in [0.2, 0.25) is 0 Å². The molecule has 2 heterocycles. The highest BCUT2D eigenvalue weighted by atomic mass is 32.2. The molecule has 0 saturated carbocycles. The van der Waals surface area contributed by atoms with Gasteiger partial charge in [-0.15, -0.1) is 10.2 Å². The fraction of sp³-hybridized carbons (Fsp3) is 0.400. The van der Waals surface area contributed by atoms with E-state index in [4.69, 9.17) is 4.74 Å². The third-order valence-electron chi connectivity index (χ3n) is 3.83. The number of nitrogens with zero attached hydrogens (tertiary/aromatic N) is 5. The summed E-state index contributed by atoms with van der Waals surface area (Å²) in [7, 11) is 0. The third kappa shape index (κ3) is 5.26. The van der Waals surface area contributed by atoms with E-state index in [0.717, 1.165) is 51.1 Å². The molecule has 0 unspecified atom stereocenters. The molecular weight excluding hydrogens is 390 g/mol. The standard InChI is InChI=1S/C20H25N5OS2/c1-5-11-27-20-24-23-18(13-28-19-21-14(3)12-15(4)22-19)25(20)16-7-9-17(10-8-16)26-6-2/h7-10,12H,5-6,11,13H2,1-4H3. The van der Waals surface area contributed by atoms with E-state index in [0.29, 0.717) is 12.4 Å². The van der Waals surface area contributed by atoms with Crippen molar-refractivity contribution in [1.29, 1.82) is 0 Å². The smallest absolute Gasteiger partial charge is 0.195 e. The Morgan fingerprint density at radius 2 is 1.68 bits per heavy atom. The SMILES string of the molecule is CCCSc1nnc(CSc2nc(C)cc(C)n2)n1-c1ccc(OCC)cc1. The van der Waals surface area contributed by atoms with Crippen LogP contribution in [-0.4, -0.2) is 37.1 Å². The first kappa shape index (κ1) is 20.7. The molecule has 6 nitrogen and oxygen atoms in total. The van der Waals surface area contributed by atoms with Crippen molar-refractivity contribution >= 4 is 23.5 Å². The summed E-state index contributed by atoms with van der Waals surface area (Å²) in [6, 6.07) is 10.0. The number of aryl methyl sites for hydroxylation is 2. The van der Waals surface area contributed by atoms with E-state index in [1.807, 2.05) is 51.1 Å². The number of aromatic nitrogens is 5. The van der Waals surface area contributed by atoms with E-state index in [1.165, 1.54) is 0 Å². The molecule has 0 radical (unpaired) electrons. The van der Waals surface area contributed by atoms with Gasteiger partial charge in [0.05, 0.1) is 12.4 Å². The van der Waals surface area contributed by atoms with Crippen molar-refractivity contribution in [3.8, 4) is 11.4 Å². The summed E-state index contributed by atoms with van der Waals surface area (Å²) in [6.07, 6.45) is 1.08. The minimum atomic E-state index is 0.649. The van der Waals surface area contributed by atoms with Crippen molar-refractivity contribution in [3.05, 3.63) is 47.5 Å². The molecule has 0 saturated heterocycles. The molecule has 8 heteroatoms. The molecule has 0 aliphatic carbocycles. The molecule has 2 aromatic heterocycles. The van der Waals surface area contributed by atoms with E-state index < -0.39 is 0 Å². The maximum Gasteiger partial charge on any atom is 0.195 e. The van der Waals surface area contributed by atoms with Crippen LogP contribution < -0.4 is 4.74 Å². The number of rotatable bonds is 9. The van der Waals surface area contributed by atoms with Gasteiger partial charge in [-0.2, -0.15) is 0 Å². The normalized spacial score (nSPS) is 11.0. The zero-order chi connectivity index (χ0) is 19.9. The van der Waals surface area contributed by atoms with Crippen LogP contribution in [0.5, 0.6) is 5.75 Å². The zero-order valence-electron chi connectivity index (χ0n) is 16.7. The minimum absolute atomic E-state index is 0.649. The second-order valence-electron chi connectivity index (χ2n) is 6.23. The Labute approximate surface area is 174 Å². The second kappa shape index (κ2) is 9.93. The quantitative estimate of drug-likeness (QED) is 0.365. The molecule has 0 amide bonds. The second-order valence-corrected chi connectivity index (χ2v) is 8.24. The third-order valence-corrected chi connectivity index (χ3v) is 5.81. The molecule has 0 atom stereocenters. The maximum atomic E-state index is 5.56. The van der Waals surface area contributed by atoms with Crippen LogP contribution in [0.4, 0.5) is 0 Å². The van der Waals surface area contributed by atoms with Gasteiger partial charge < -0.3 is 4.74 Å². The molecule has 0 N–H and O–H groups in total. The van der Waals surface area contributed by atoms with Crippen LogP contribution in [0.1, 0.15) is 37.5 Å². The Morgan fingerprint density at radius 1 is 0.964 bits per heavy atom. The van der Waals surface area contributed by atoms with Gasteiger partial charge in [0.15, 0.2) is 10.3 Å². The molecule has 28 heavy (non-hydrogen) atoms. The predicted octanol–water partition coefficient (Wildman–Crippen LogP) is 4.87. The lowest BCUT2D eigenvalue weighted by Crippen LogP contribution is -2.03. The highest BCUT2D eigenvalue weighted by Gasteiger charge is 2.15. The fourth-order valence-corrected chi connectivity index (χ4v) is 4.37. The van der Waals surface area contributed by atoms with Gasteiger partial charge in [-0.25, -0.2) is 9.97 Å². The fourth-order valence-electron chi connectivity index (χ4n) is 2.69. The lowest BCUT2D eigenvalue weighted by Gasteiger charge is -2.11. The first-order chi connectivity index (χ1) is 13.6. The van der Waals surface area contributed by atoms with Crippen molar-refractivity contribution in [1.82, 2.24) is 24.7 Å². The largest absolute Gasteiger partial charge is 0.494 e. The number of ether oxygens (including phenoxy) is 1. The van der Waals surface area contributed by atoms with Gasteiger partial charge in [0.25, 0.3) is 0 Å². The van der Waals surface area contributed by atoms with E-state index in [1.54, 1.807) is 23.5 Å². The molecule has 0 aliphatic rings. The van der Waals surface area contributed by atoms with Crippen molar-refractivity contribution in [2.75, 3.05) is 12.4 Å². The summed E-state index contributed by atoms with van der Waals surface area (Å²) in [5.41, 5.74) is 2.98. The molecule has 148 valence electrons. The van der Waals surface area contributed by atoms with E-state index in [9.17, 15) is 0 Å². The molecular formula is C20H25N5OS2. The van der Waals surface area contributed by atoms with Gasteiger partial charge in [-0.05, 0) is 57.5 Å². The molecule has 0 bridgehead atoms. The van der Waals surface area contributed by atoms with Crippen LogP contribution in [0.3, 0.4) is 0 Å². The summed E-state index contributed by atoms with van der Waals surface area (Å²) >= 11 is 3.30. The average Bonchev–Trinajstić information content (AvgIpc) is 3.07. The number of benzene rings is 1. The van der Waals surface area contributed by atoms with Crippen LogP contribution in [0.15, 0.2) is 40.6 Å². The van der Waals surface area contributed by atoms with Gasteiger partial charge in [-0.1, -0.05) is 30.4 Å². The van der Waals surface area contributed by atoms with Crippen molar-refractivity contribution in [3.63, 3.8) is 0 Å². The molecule has 1 aromatic carbocycles. The maximum absolute atomic E-state index is 5.56. The first-order valence-corrected chi connectivity index (χ1v) is 11.3. The van der Waals surface area contributed by atoms with Crippen LogP contribution >= 0.6 is 23.5 Å². The average molecular weight is 416 g/mol. The molecule has 3 rings (SSSR count). The van der Waals surface area contributed by atoms with Gasteiger partial charge in [0, 0.05) is 22.8 Å². The molecule has 0 aliphatic heterocycles. The Kier molecular flexibility index (Phi) is 7.33. The van der Waals surface area contributed by atoms with Crippen LogP contribution in [0.25, 0.3) is 5.69 Å². The highest BCUT2D eigenvalue weighted by Crippen LogP contribution is 2.27. The van der Waals surface area contributed by atoms with Crippen LogP contribution in [-0.2, 0) is 5.75 Å². The van der Waals surface area contributed by atoms with Crippen molar-refractivity contribution in [2.45, 2.75) is 50.2 Å². The minimum Gasteiger partial charge on any atom is -0.494 e. The Hall–Kier alpha value is -2.06. The van der Waals surface area contributed by atoms with Gasteiger partial charge >= 0.3 is 0 Å².